The Bertz CT molecular complexity index is 638. The zero-order valence-corrected chi connectivity index (χ0v) is 10.4. The highest BCUT2D eigenvalue weighted by atomic mass is 19.3. The molecule has 0 unspecified atom stereocenters. The van der Waals surface area contributed by atoms with E-state index >= 15 is 0 Å². The van der Waals surface area contributed by atoms with Crippen LogP contribution in [-0.4, -0.2) is 23.4 Å². The number of hydrogen-bond acceptors (Lipinski definition) is 3. The van der Waals surface area contributed by atoms with Crippen LogP contribution in [0.2, 0.25) is 0 Å². The number of allylic oxidation sites excluding steroid dienone is 1. The number of benzene rings is 1. The van der Waals surface area contributed by atoms with E-state index in [1.807, 2.05) is 6.07 Å². The van der Waals surface area contributed by atoms with Crippen LogP contribution >= 0.6 is 0 Å². The smallest absolute Gasteiger partial charge is 0.630 e. The minimum Gasteiger partial charge on any atom is -0.630 e. The van der Waals surface area contributed by atoms with Crippen LogP contribution in [0, 0.1) is 0 Å². The van der Waals surface area contributed by atoms with Crippen LogP contribution < -0.4 is 0 Å². The summed E-state index contributed by atoms with van der Waals surface area (Å²) in [6, 6.07) is 8.99. The Morgan fingerprint density at radius 2 is 1.79 bits per heavy atom. The van der Waals surface area contributed by atoms with E-state index in [9.17, 15) is 8.63 Å². The third-order valence-corrected chi connectivity index (χ3v) is 2.93. The lowest BCUT2D eigenvalue weighted by atomic mass is 10.1. The second kappa shape index (κ2) is 3.91. The fourth-order valence-corrected chi connectivity index (χ4v) is 2.18. The maximum absolute atomic E-state index is 13.4. The molecule has 0 aromatic heterocycles. The molecule has 0 atom stereocenters. The molecule has 0 saturated heterocycles. The molecule has 19 heavy (non-hydrogen) atoms. The largest absolute Gasteiger partial charge is 0.729 e. The summed E-state index contributed by atoms with van der Waals surface area (Å²) < 4.78 is 37.3. The standard InChI is InChI=1S/C12H11BF2N2O2/c1-8-11-9(2)18-13(14,15)19-12(11)17(16-8)10-6-4-3-5-7-10/h3-7H,1-2H3. The van der Waals surface area contributed by atoms with Crippen LogP contribution in [-0.2, 0) is 9.31 Å². The quantitative estimate of drug-likeness (QED) is 0.577. The maximum atomic E-state index is 13.4. The average Bonchev–Trinajstić information content (AvgIpc) is 2.66. The maximum Gasteiger partial charge on any atom is 0.729 e. The second-order valence-corrected chi connectivity index (χ2v) is 4.34. The van der Waals surface area contributed by atoms with Crippen molar-refractivity contribution in [3.05, 3.63) is 41.7 Å². The predicted octanol–water partition coefficient (Wildman–Crippen LogP) is 2.81. The summed E-state index contributed by atoms with van der Waals surface area (Å²) in [5.41, 5.74) is 1.73. The van der Waals surface area contributed by atoms with E-state index in [1.165, 1.54) is 11.6 Å². The highest BCUT2D eigenvalue weighted by Crippen LogP contribution is 2.31. The number of para-hydroxylation sites is 1. The fraction of sp³-hybridized carbons (Fsp3) is 0.167. The van der Waals surface area contributed by atoms with Crippen molar-refractivity contribution >= 4 is 24.4 Å². The van der Waals surface area contributed by atoms with Gasteiger partial charge in [-0.25, -0.2) is 0 Å². The number of nitrogens with zero attached hydrogens (tertiary/aromatic N) is 2. The third-order valence-electron chi connectivity index (χ3n) is 2.93. The minimum absolute atomic E-state index is 0.0254. The number of rotatable bonds is 1. The molecule has 0 radical (unpaired) electrons. The predicted molar refractivity (Wildman–Crippen MR) is 67.3 cm³/mol. The molecule has 0 aliphatic carbocycles. The van der Waals surface area contributed by atoms with Crippen molar-refractivity contribution in [1.29, 1.82) is 0 Å². The SMILES string of the molecule is CC1=N[N+](c2ccccc2)=C2O[B-](F)(F)OC(C)=C12. The summed E-state index contributed by atoms with van der Waals surface area (Å²) in [4.78, 5) is 0. The highest BCUT2D eigenvalue weighted by molar-refractivity contribution is 6.56. The molecule has 1 aromatic carbocycles. The highest BCUT2D eigenvalue weighted by Gasteiger charge is 2.48. The van der Waals surface area contributed by atoms with Crippen LogP contribution in [0.4, 0.5) is 14.3 Å². The summed E-state index contributed by atoms with van der Waals surface area (Å²) >= 11 is 0. The summed E-state index contributed by atoms with van der Waals surface area (Å²) in [7, 11) is -4.34. The van der Waals surface area contributed by atoms with E-state index in [-0.39, 0.29) is 11.7 Å². The van der Waals surface area contributed by atoms with E-state index in [0.717, 1.165) is 0 Å². The van der Waals surface area contributed by atoms with Gasteiger partial charge in [-0.05, 0) is 18.5 Å². The molecule has 0 N–H and O–H groups in total. The molecule has 98 valence electrons. The molecule has 3 rings (SSSR count). The third kappa shape index (κ3) is 1.91. The Kier molecular flexibility index (Phi) is 2.45. The van der Waals surface area contributed by atoms with Crippen molar-refractivity contribution in [2.24, 2.45) is 5.10 Å². The molecule has 0 amide bonds. The van der Waals surface area contributed by atoms with Crippen LogP contribution in [0.25, 0.3) is 0 Å². The van der Waals surface area contributed by atoms with Gasteiger partial charge in [-0.15, -0.1) is 0 Å². The Balaban J connectivity index is 2.19. The topological polar surface area (TPSA) is 33.8 Å². The molecule has 0 bridgehead atoms. The molecule has 1 aromatic rings. The van der Waals surface area contributed by atoms with Gasteiger partial charge in [0.1, 0.15) is 11.3 Å². The number of halogens is 2. The number of hydrazone groups is 1. The molecular formula is C12H11BF2N2O2. The van der Waals surface area contributed by atoms with E-state index in [2.05, 4.69) is 14.4 Å². The normalized spacial score (nSPS) is 20.7. The summed E-state index contributed by atoms with van der Waals surface area (Å²) in [6.07, 6.45) is 0. The van der Waals surface area contributed by atoms with Gasteiger partial charge in [0.2, 0.25) is 5.69 Å². The van der Waals surface area contributed by atoms with Crippen molar-refractivity contribution in [1.82, 2.24) is 0 Å². The van der Waals surface area contributed by atoms with Gasteiger partial charge in [0.15, 0.2) is 0 Å². The second-order valence-electron chi connectivity index (χ2n) is 4.34. The summed E-state index contributed by atoms with van der Waals surface area (Å²) in [5.74, 6) is 0.156. The molecule has 2 heterocycles. The number of fused-ring (bicyclic) bond motifs is 1. The van der Waals surface area contributed by atoms with Crippen molar-refractivity contribution in [3.8, 4) is 0 Å². The van der Waals surface area contributed by atoms with Crippen LogP contribution in [0.15, 0.2) is 46.8 Å². The van der Waals surface area contributed by atoms with Crippen LogP contribution in [0.5, 0.6) is 0 Å². The van der Waals surface area contributed by atoms with Gasteiger partial charge >= 0.3 is 13.0 Å². The van der Waals surface area contributed by atoms with E-state index in [4.69, 9.17) is 0 Å². The molecule has 0 fully saturated rings. The van der Waals surface area contributed by atoms with Gasteiger partial charge in [0.25, 0.3) is 0 Å². The Hall–Kier alpha value is -2.18. The summed E-state index contributed by atoms with van der Waals surface area (Å²) in [6.45, 7) is 3.21. The zero-order chi connectivity index (χ0) is 13.6. The van der Waals surface area contributed by atoms with Crippen molar-refractivity contribution in [2.45, 2.75) is 13.8 Å². The van der Waals surface area contributed by atoms with Gasteiger partial charge < -0.3 is 17.9 Å². The lowest BCUT2D eigenvalue weighted by Crippen LogP contribution is -2.41. The first-order valence-electron chi connectivity index (χ1n) is 5.85. The van der Waals surface area contributed by atoms with Crippen molar-refractivity contribution < 1.29 is 22.6 Å². The monoisotopic (exact) mass is 264 g/mol. The first-order chi connectivity index (χ1) is 8.98. The number of hydrogen-bond donors (Lipinski definition) is 0. The first kappa shape index (κ1) is 11.9. The zero-order valence-electron chi connectivity index (χ0n) is 10.4. The van der Waals surface area contributed by atoms with Crippen molar-refractivity contribution in [2.75, 3.05) is 0 Å². The summed E-state index contributed by atoms with van der Waals surface area (Å²) in [5, 5.41) is 4.25. The van der Waals surface area contributed by atoms with Gasteiger partial charge in [-0.3, -0.25) is 0 Å². The van der Waals surface area contributed by atoms with Crippen LogP contribution in [0.1, 0.15) is 13.8 Å². The minimum atomic E-state index is -4.34. The van der Waals surface area contributed by atoms with Crippen molar-refractivity contribution in [3.63, 3.8) is 0 Å². The Morgan fingerprint density at radius 1 is 1.11 bits per heavy atom. The molecule has 7 heteroatoms. The van der Waals surface area contributed by atoms with E-state index in [0.29, 0.717) is 17.0 Å². The molecule has 2 aliphatic rings. The molecule has 0 spiro atoms. The van der Waals surface area contributed by atoms with E-state index in [1.54, 1.807) is 31.2 Å². The lowest BCUT2D eigenvalue weighted by Gasteiger charge is -2.31. The molecular weight excluding hydrogens is 253 g/mol. The van der Waals surface area contributed by atoms with Gasteiger partial charge in [0.05, 0.1) is 5.76 Å². The van der Waals surface area contributed by atoms with Gasteiger partial charge in [0, 0.05) is 17.2 Å². The Labute approximate surface area is 108 Å². The Morgan fingerprint density at radius 3 is 2.47 bits per heavy atom. The van der Waals surface area contributed by atoms with E-state index < -0.39 is 7.11 Å². The van der Waals surface area contributed by atoms with Gasteiger partial charge in [-0.1, -0.05) is 18.2 Å². The molecule has 0 saturated carbocycles. The van der Waals surface area contributed by atoms with Gasteiger partial charge in [-0.2, -0.15) is 0 Å². The molecule has 2 aliphatic heterocycles. The van der Waals surface area contributed by atoms with Crippen LogP contribution in [0.3, 0.4) is 0 Å². The first-order valence-corrected chi connectivity index (χ1v) is 5.85. The molecule has 4 nitrogen and oxygen atoms in total. The average molecular weight is 264 g/mol. The fourth-order valence-electron chi connectivity index (χ4n) is 2.18. The lowest BCUT2D eigenvalue weighted by molar-refractivity contribution is -0.450.